The minimum atomic E-state index is -0.395. The molecule has 1 aliphatic carbocycles. The van der Waals surface area contributed by atoms with Crippen LogP contribution in [0.2, 0.25) is 0 Å². The van der Waals surface area contributed by atoms with Crippen molar-refractivity contribution in [3.63, 3.8) is 0 Å². The van der Waals surface area contributed by atoms with Gasteiger partial charge in [0.25, 0.3) is 0 Å². The molecular formula is C23H31N5O3. The molecule has 31 heavy (non-hydrogen) atoms. The molecule has 0 spiro atoms. The maximum atomic E-state index is 13.2. The van der Waals surface area contributed by atoms with Crippen LogP contribution >= 0.6 is 0 Å². The maximum Gasteiger partial charge on any atom is 0.245 e. The molecule has 2 aliphatic rings. The molecule has 2 unspecified atom stereocenters. The van der Waals surface area contributed by atoms with Gasteiger partial charge in [0.05, 0.1) is 6.04 Å². The molecule has 1 aromatic carbocycles. The molecule has 2 atom stereocenters. The Morgan fingerprint density at radius 3 is 2.42 bits per heavy atom. The second-order valence-corrected chi connectivity index (χ2v) is 8.58. The smallest absolute Gasteiger partial charge is 0.245 e. The summed E-state index contributed by atoms with van der Waals surface area (Å²) < 4.78 is 5.53. The summed E-state index contributed by atoms with van der Waals surface area (Å²) >= 11 is 0. The average molecular weight is 426 g/mol. The van der Waals surface area contributed by atoms with Gasteiger partial charge in [-0.15, -0.1) is 0 Å². The lowest BCUT2D eigenvalue weighted by atomic mass is 9.96. The SMILES string of the molecule is CC(=O)NC(C(=O)N1CCN(C(C)c2nc(-c3ccccc3)no2)CC1)C1CCCC1. The molecule has 166 valence electrons. The van der Waals surface area contributed by atoms with Crippen molar-refractivity contribution < 1.29 is 14.1 Å². The van der Waals surface area contributed by atoms with Gasteiger partial charge in [-0.3, -0.25) is 14.5 Å². The van der Waals surface area contributed by atoms with Crippen molar-refractivity contribution in [1.29, 1.82) is 0 Å². The molecule has 1 aromatic heterocycles. The first kappa shape index (κ1) is 21.5. The van der Waals surface area contributed by atoms with E-state index >= 15 is 0 Å². The van der Waals surface area contributed by atoms with Crippen LogP contribution < -0.4 is 5.32 Å². The number of nitrogens with zero attached hydrogens (tertiary/aromatic N) is 4. The van der Waals surface area contributed by atoms with E-state index in [9.17, 15) is 9.59 Å². The molecule has 1 aliphatic heterocycles. The Balaban J connectivity index is 1.36. The van der Waals surface area contributed by atoms with Crippen LogP contribution in [0.3, 0.4) is 0 Å². The number of rotatable bonds is 6. The highest BCUT2D eigenvalue weighted by Gasteiger charge is 2.36. The molecule has 0 radical (unpaired) electrons. The summed E-state index contributed by atoms with van der Waals surface area (Å²) in [5.41, 5.74) is 0.927. The van der Waals surface area contributed by atoms with Crippen LogP contribution in [0.4, 0.5) is 0 Å². The zero-order chi connectivity index (χ0) is 21.8. The van der Waals surface area contributed by atoms with Crippen molar-refractivity contribution in [2.45, 2.75) is 51.6 Å². The summed E-state index contributed by atoms with van der Waals surface area (Å²) in [6.45, 7) is 6.26. The highest BCUT2D eigenvalue weighted by Crippen LogP contribution is 2.29. The predicted molar refractivity (Wildman–Crippen MR) is 116 cm³/mol. The molecular weight excluding hydrogens is 394 g/mol. The fraction of sp³-hybridized carbons (Fsp3) is 0.565. The van der Waals surface area contributed by atoms with E-state index in [4.69, 9.17) is 4.52 Å². The number of hydrogen-bond acceptors (Lipinski definition) is 6. The van der Waals surface area contributed by atoms with Gasteiger partial charge >= 0.3 is 0 Å². The minimum Gasteiger partial charge on any atom is -0.344 e. The molecule has 8 nitrogen and oxygen atoms in total. The van der Waals surface area contributed by atoms with Gasteiger partial charge in [0.1, 0.15) is 6.04 Å². The van der Waals surface area contributed by atoms with Crippen molar-refractivity contribution in [3.8, 4) is 11.4 Å². The van der Waals surface area contributed by atoms with Crippen molar-refractivity contribution in [3.05, 3.63) is 36.2 Å². The summed E-state index contributed by atoms with van der Waals surface area (Å²) in [7, 11) is 0. The second-order valence-electron chi connectivity index (χ2n) is 8.58. The zero-order valence-electron chi connectivity index (χ0n) is 18.3. The number of carbonyl (C=O) groups is 2. The van der Waals surface area contributed by atoms with Gasteiger partial charge in [-0.1, -0.05) is 48.3 Å². The van der Waals surface area contributed by atoms with Gasteiger partial charge in [-0.25, -0.2) is 0 Å². The third kappa shape index (κ3) is 4.95. The molecule has 8 heteroatoms. The fourth-order valence-electron chi connectivity index (χ4n) is 4.68. The summed E-state index contributed by atoms with van der Waals surface area (Å²) in [5, 5.41) is 7.04. The van der Waals surface area contributed by atoms with Crippen molar-refractivity contribution in [2.75, 3.05) is 26.2 Å². The summed E-state index contributed by atoms with van der Waals surface area (Å²) in [4.78, 5) is 33.6. The molecule has 4 rings (SSSR count). The van der Waals surface area contributed by atoms with E-state index in [1.807, 2.05) is 35.2 Å². The van der Waals surface area contributed by atoms with E-state index in [-0.39, 0.29) is 23.8 Å². The number of hydrogen-bond donors (Lipinski definition) is 1. The number of aromatic nitrogens is 2. The first-order chi connectivity index (χ1) is 15.0. The largest absolute Gasteiger partial charge is 0.344 e. The molecule has 2 heterocycles. The number of benzene rings is 1. The third-order valence-electron chi connectivity index (χ3n) is 6.50. The molecule has 0 bridgehead atoms. The third-order valence-corrected chi connectivity index (χ3v) is 6.50. The Bertz CT molecular complexity index is 886. The molecule has 2 aromatic rings. The Hall–Kier alpha value is -2.74. The Morgan fingerprint density at radius 2 is 1.77 bits per heavy atom. The molecule has 1 saturated heterocycles. The predicted octanol–water partition coefficient (Wildman–Crippen LogP) is 2.64. The lowest BCUT2D eigenvalue weighted by Gasteiger charge is -2.39. The van der Waals surface area contributed by atoms with E-state index in [1.165, 1.54) is 6.92 Å². The highest BCUT2D eigenvalue weighted by atomic mass is 16.5. The number of nitrogens with one attached hydrogen (secondary N) is 1. The first-order valence-corrected chi connectivity index (χ1v) is 11.2. The molecule has 2 amide bonds. The lowest BCUT2D eigenvalue weighted by Crippen LogP contribution is -2.56. The molecule has 2 fully saturated rings. The van der Waals surface area contributed by atoms with Gasteiger partial charge in [0.15, 0.2) is 0 Å². The number of piperazine rings is 1. The van der Waals surface area contributed by atoms with Crippen LogP contribution in [0.5, 0.6) is 0 Å². The van der Waals surface area contributed by atoms with Gasteiger partial charge in [-0.05, 0) is 25.7 Å². The molecule has 1 saturated carbocycles. The van der Waals surface area contributed by atoms with E-state index in [1.54, 1.807) is 0 Å². The van der Waals surface area contributed by atoms with Gasteiger partial charge < -0.3 is 14.7 Å². The van der Waals surface area contributed by atoms with Crippen molar-refractivity contribution >= 4 is 11.8 Å². The Kier molecular flexibility index (Phi) is 6.65. The van der Waals surface area contributed by atoms with Gasteiger partial charge in [0, 0.05) is 38.7 Å². The van der Waals surface area contributed by atoms with Crippen molar-refractivity contribution in [2.24, 2.45) is 5.92 Å². The summed E-state index contributed by atoms with van der Waals surface area (Å²) in [6, 6.07) is 9.35. The topological polar surface area (TPSA) is 91.6 Å². The van der Waals surface area contributed by atoms with E-state index in [0.29, 0.717) is 24.8 Å². The quantitative estimate of drug-likeness (QED) is 0.765. The highest BCUT2D eigenvalue weighted by molar-refractivity contribution is 5.87. The Morgan fingerprint density at radius 1 is 1.10 bits per heavy atom. The lowest BCUT2D eigenvalue weighted by molar-refractivity contribution is -0.139. The van der Waals surface area contributed by atoms with Crippen LogP contribution in [0.1, 0.15) is 51.5 Å². The summed E-state index contributed by atoms with van der Waals surface area (Å²) in [5.74, 6) is 1.34. The number of carbonyl (C=O) groups excluding carboxylic acids is 2. The van der Waals surface area contributed by atoms with Gasteiger partial charge in [0.2, 0.25) is 23.5 Å². The monoisotopic (exact) mass is 425 g/mol. The average Bonchev–Trinajstić information content (AvgIpc) is 3.50. The maximum absolute atomic E-state index is 13.2. The second kappa shape index (κ2) is 9.60. The molecule has 1 N–H and O–H groups in total. The first-order valence-electron chi connectivity index (χ1n) is 11.2. The van der Waals surface area contributed by atoms with Crippen LogP contribution in [0, 0.1) is 5.92 Å². The van der Waals surface area contributed by atoms with E-state index < -0.39 is 6.04 Å². The van der Waals surface area contributed by atoms with Crippen LogP contribution in [-0.2, 0) is 9.59 Å². The Labute approximate surface area is 183 Å². The fourth-order valence-corrected chi connectivity index (χ4v) is 4.68. The number of amides is 2. The van der Waals surface area contributed by atoms with E-state index in [0.717, 1.165) is 44.3 Å². The normalized spacial score (nSPS) is 19.9. The van der Waals surface area contributed by atoms with Crippen LogP contribution in [-0.4, -0.2) is 64.0 Å². The van der Waals surface area contributed by atoms with E-state index in [2.05, 4.69) is 27.3 Å². The minimum absolute atomic E-state index is 0.0248. The van der Waals surface area contributed by atoms with Crippen LogP contribution in [0.15, 0.2) is 34.9 Å². The van der Waals surface area contributed by atoms with Crippen LogP contribution in [0.25, 0.3) is 11.4 Å². The zero-order valence-corrected chi connectivity index (χ0v) is 18.3. The van der Waals surface area contributed by atoms with Crippen molar-refractivity contribution in [1.82, 2.24) is 25.3 Å². The van der Waals surface area contributed by atoms with Gasteiger partial charge in [-0.2, -0.15) is 4.98 Å². The summed E-state index contributed by atoms with van der Waals surface area (Å²) in [6.07, 6.45) is 4.28. The standard InChI is InChI=1S/C23H31N5O3/c1-16(22-25-21(26-31-22)19-10-4-3-5-11-19)27-12-14-28(15-13-27)23(30)20(24-17(2)29)18-8-6-7-9-18/h3-5,10-11,16,18,20H,6-9,12-15H2,1-2H3,(H,24,29).